The van der Waals surface area contributed by atoms with Gasteiger partial charge >= 0.3 is 0 Å². The van der Waals surface area contributed by atoms with Crippen LogP contribution in [0.1, 0.15) is 42.7 Å². The maximum atomic E-state index is 6.29. The van der Waals surface area contributed by atoms with Gasteiger partial charge in [-0.2, -0.15) is 0 Å². The van der Waals surface area contributed by atoms with Gasteiger partial charge < -0.3 is 4.74 Å². The number of fused-ring (bicyclic) bond motifs is 2. The fraction of sp³-hybridized carbons (Fsp3) is 0.368. The second-order valence-corrected chi connectivity index (χ2v) is 6.03. The van der Waals surface area contributed by atoms with Gasteiger partial charge in [-0.25, -0.2) is 0 Å². The van der Waals surface area contributed by atoms with Crippen molar-refractivity contribution < 1.29 is 4.74 Å². The Balaban J connectivity index is 1.84. The predicted molar refractivity (Wildman–Crippen MR) is 81.1 cm³/mol. The summed E-state index contributed by atoms with van der Waals surface area (Å²) in [5, 5.41) is 0. The van der Waals surface area contributed by atoms with Crippen molar-refractivity contribution in [3.8, 4) is 5.75 Å². The standard InChI is InChI=1S/C19H20O/c1-2-8-14(9-3-1)19-15-10-4-6-12-17(15)20-18-13-7-5-11-16(18)19/h1-4,6,8-10,12,16,18-19H,5,7,11,13H2. The van der Waals surface area contributed by atoms with Crippen molar-refractivity contribution in [2.75, 3.05) is 0 Å². The maximum absolute atomic E-state index is 6.29. The first-order valence-corrected chi connectivity index (χ1v) is 7.74. The van der Waals surface area contributed by atoms with Crippen molar-refractivity contribution in [3.63, 3.8) is 0 Å². The van der Waals surface area contributed by atoms with Crippen LogP contribution in [0.2, 0.25) is 0 Å². The van der Waals surface area contributed by atoms with Crippen LogP contribution in [-0.4, -0.2) is 6.10 Å². The Bertz CT molecular complexity index is 590. The van der Waals surface area contributed by atoms with Crippen LogP contribution in [0, 0.1) is 5.92 Å². The van der Waals surface area contributed by atoms with Crippen LogP contribution in [0.25, 0.3) is 0 Å². The monoisotopic (exact) mass is 264 g/mol. The fourth-order valence-electron chi connectivity index (χ4n) is 3.98. The Morgan fingerprint density at radius 3 is 2.45 bits per heavy atom. The zero-order valence-corrected chi connectivity index (χ0v) is 11.7. The molecule has 1 saturated carbocycles. The van der Waals surface area contributed by atoms with Crippen LogP contribution >= 0.6 is 0 Å². The summed E-state index contributed by atoms with van der Waals surface area (Å²) < 4.78 is 6.29. The molecule has 2 aliphatic rings. The van der Waals surface area contributed by atoms with E-state index in [1.807, 2.05) is 0 Å². The molecular formula is C19H20O. The minimum atomic E-state index is 0.406. The van der Waals surface area contributed by atoms with Crippen molar-refractivity contribution in [1.82, 2.24) is 0 Å². The van der Waals surface area contributed by atoms with Gasteiger partial charge in [0.2, 0.25) is 0 Å². The Morgan fingerprint density at radius 2 is 1.55 bits per heavy atom. The average Bonchev–Trinajstić information content (AvgIpc) is 2.53. The smallest absolute Gasteiger partial charge is 0.123 e. The van der Waals surface area contributed by atoms with E-state index in [-0.39, 0.29) is 0 Å². The van der Waals surface area contributed by atoms with E-state index in [1.165, 1.54) is 36.8 Å². The topological polar surface area (TPSA) is 9.23 Å². The largest absolute Gasteiger partial charge is 0.490 e. The van der Waals surface area contributed by atoms with Crippen LogP contribution in [0.3, 0.4) is 0 Å². The lowest BCUT2D eigenvalue weighted by Crippen LogP contribution is -2.38. The number of rotatable bonds is 1. The Labute approximate surface area is 120 Å². The van der Waals surface area contributed by atoms with Crippen molar-refractivity contribution in [1.29, 1.82) is 0 Å². The molecule has 0 spiro atoms. The molecule has 1 heterocycles. The van der Waals surface area contributed by atoms with Gasteiger partial charge in [0.25, 0.3) is 0 Å². The number of ether oxygens (including phenoxy) is 1. The minimum Gasteiger partial charge on any atom is -0.490 e. The van der Waals surface area contributed by atoms with Gasteiger partial charge in [-0.1, -0.05) is 55.0 Å². The first-order chi connectivity index (χ1) is 9.93. The molecule has 1 heteroatoms. The normalized spacial score (nSPS) is 28.1. The van der Waals surface area contributed by atoms with Gasteiger partial charge in [0.05, 0.1) is 0 Å². The molecule has 2 aromatic carbocycles. The third kappa shape index (κ3) is 1.93. The van der Waals surface area contributed by atoms with Crippen LogP contribution in [0.5, 0.6) is 5.75 Å². The molecule has 102 valence electrons. The zero-order valence-electron chi connectivity index (χ0n) is 11.7. The van der Waals surface area contributed by atoms with Crippen LogP contribution in [-0.2, 0) is 0 Å². The molecule has 4 rings (SSSR count). The summed E-state index contributed by atoms with van der Waals surface area (Å²) in [5.74, 6) is 2.25. The second-order valence-electron chi connectivity index (χ2n) is 6.03. The molecule has 0 bridgehead atoms. The number of hydrogen-bond donors (Lipinski definition) is 0. The molecule has 0 radical (unpaired) electrons. The summed E-state index contributed by atoms with van der Waals surface area (Å²) in [7, 11) is 0. The van der Waals surface area contributed by atoms with Gasteiger partial charge in [0.15, 0.2) is 0 Å². The van der Waals surface area contributed by atoms with Crippen molar-refractivity contribution in [2.45, 2.75) is 37.7 Å². The fourth-order valence-corrected chi connectivity index (χ4v) is 3.98. The van der Waals surface area contributed by atoms with E-state index in [1.54, 1.807) is 0 Å². The highest BCUT2D eigenvalue weighted by Gasteiger charge is 2.39. The van der Waals surface area contributed by atoms with E-state index in [2.05, 4.69) is 54.6 Å². The summed E-state index contributed by atoms with van der Waals surface area (Å²) in [6.07, 6.45) is 5.56. The molecule has 0 aromatic heterocycles. The highest BCUT2D eigenvalue weighted by molar-refractivity contribution is 5.45. The quantitative estimate of drug-likeness (QED) is 0.721. The molecule has 20 heavy (non-hydrogen) atoms. The molecule has 0 N–H and O–H groups in total. The van der Waals surface area contributed by atoms with E-state index in [4.69, 9.17) is 4.74 Å². The molecule has 1 nitrogen and oxygen atoms in total. The third-order valence-corrected chi connectivity index (χ3v) is 4.87. The molecule has 1 fully saturated rings. The summed E-state index contributed by atoms with van der Waals surface area (Å²) in [5.41, 5.74) is 2.82. The molecule has 0 saturated heterocycles. The summed E-state index contributed by atoms with van der Waals surface area (Å²) in [6, 6.07) is 19.6. The van der Waals surface area contributed by atoms with Gasteiger partial charge in [-0.05, 0) is 30.9 Å². The molecule has 2 aromatic rings. The zero-order chi connectivity index (χ0) is 13.4. The van der Waals surface area contributed by atoms with Crippen LogP contribution in [0.4, 0.5) is 0 Å². The van der Waals surface area contributed by atoms with E-state index < -0.39 is 0 Å². The number of hydrogen-bond acceptors (Lipinski definition) is 1. The maximum Gasteiger partial charge on any atom is 0.123 e. The average molecular weight is 264 g/mol. The molecular weight excluding hydrogens is 244 g/mol. The first kappa shape index (κ1) is 12.0. The van der Waals surface area contributed by atoms with Crippen molar-refractivity contribution in [3.05, 3.63) is 65.7 Å². The number of para-hydroxylation sites is 1. The van der Waals surface area contributed by atoms with E-state index in [0.717, 1.165) is 5.75 Å². The van der Waals surface area contributed by atoms with Crippen molar-refractivity contribution in [2.24, 2.45) is 5.92 Å². The molecule has 3 atom stereocenters. The van der Waals surface area contributed by atoms with E-state index in [0.29, 0.717) is 17.9 Å². The van der Waals surface area contributed by atoms with Gasteiger partial charge in [-0.15, -0.1) is 0 Å². The lowest BCUT2D eigenvalue weighted by Gasteiger charge is -2.42. The summed E-state index contributed by atoms with van der Waals surface area (Å²) in [4.78, 5) is 0. The number of benzene rings is 2. The SMILES string of the molecule is c1ccc(C2c3ccccc3OC3CCCCC32)cc1. The Hall–Kier alpha value is -1.76. The Morgan fingerprint density at radius 1 is 0.800 bits per heavy atom. The van der Waals surface area contributed by atoms with Crippen LogP contribution < -0.4 is 4.74 Å². The second kappa shape index (κ2) is 4.97. The lowest BCUT2D eigenvalue weighted by atomic mass is 9.70. The minimum absolute atomic E-state index is 0.406. The van der Waals surface area contributed by atoms with Crippen molar-refractivity contribution >= 4 is 0 Å². The third-order valence-electron chi connectivity index (χ3n) is 4.87. The van der Waals surface area contributed by atoms with Crippen LogP contribution in [0.15, 0.2) is 54.6 Å². The summed E-state index contributed by atoms with van der Waals surface area (Å²) >= 11 is 0. The Kier molecular flexibility index (Phi) is 2.99. The highest BCUT2D eigenvalue weighted by atomic mass is 16.5. The first-order valence-electron chi connectivity index (χ1n) is 7.74. The molecule has 1 aliphatic carbocycles. The van der Waals surface area contributed by atoms with Gasteiger partial charge in [0, 0.05) is 17.4 Å². The summed E-state index contributed by atoms with van der Waals surface area (Å²) in [6.45, 7) is 0. The molecule has 3 unspecified atom stereocenters. The lowest BCUT2D eigenvalue weighted by molar-refractivity contribution is 0.0639. The van der Waals surface area contributed by atoms with E-state index in [9.17, 15) is 0 Å². The molecule has 0 amide bonds. The molecule has 1 aliphatic heterocycles. The van der Waals surface area contributed by atoms with Gasteiger partial charge in [0.1, 0.15) is 11.9 Å². The van der Waals surface area contributed by atoms with Gasteiger partial charge in [-0.3, -0.25) is 0 Å². The van der Waals surface area contributed by atoms with E-state index >= 15 is 0 Å². The highest BCUT2D eigenvalue weighted by Crippen LogP contribution is 2.48. The predicted octanol–water partition coefficient (Wildman–Crippen LogP) is 4.77.